The summed E-state index contributed by atoms with van der Waals surface area (Å²) in [6, 6.07) is 0.486. The summed E-state index contributed by atoms with van der Waals surface area (Å²) < 4.78 is 0. The van der Waals surface area contributed by atoms with E-state index in [1.54, 1.807) is 0 Å². The molecule has 5 nitrogen and oxygen atoms in total. The number of nitrogens with one attached hydrogen (secondary N) is 1. The zero-order valence-corrected chi connectivity index (χ0v) is 9.89. The van der Waals surface area contributed by atoms with Crippen molar-refractivity contribution in [2.75, 3.05) is 0 Å². The topological polar surface area (TPSA) is 92.4 Å². The molecule has 5 heteroatoms. The van der Waals surface area contributed by atoms with Crippen molar-refractivity contribution in [3.63, 3.8) is 0 Å². The minimum atomic E-state index is -0.695. The lowest BCUT2D eigenvalue weighted by Gasteiger charge is -2.39. The first-order valence-corrected chi connectivity index (χ1v) is 6.36. The molecule has 0 saturated heterocycles. The van der Waals surface area contributed by atoms with E-state index in [4.69, 9.17) is 10.8 Å². The van der Waals surface area contributed by atoms with Crippen LogP contribution in [0.4, 0.5) is 0 Å². The SMILES string of the molecule is NC(=O)C1CCC(NC2CCC2C(=O)O)CC1. The lowest BCUT2D eigenvalue weighted by atomic mass is 9.77. The first-order valence-electron chi connectivity index (χ1n) is 6.36. The van der Waals surface area contributed by atoms with E-state index in [0.717, 1.165) is 38.5 Å². The van der Waals surface area contributed by atoms with Crippen LogP contribution in [0, 0.1) is 11.8 Å². The van der Waals surface area contributed by atoms with E-state index in [0.29, 0.717) is 6.04 Å². The average molecular weight is 240 g/mol. The molecule has 2 saturated carbocycles. The number of rotatable bonds is 4. The van der Waals surface area contributed by atoms with Crippen LogP contribution in [0.1, 0.15) is 38.5 Å². The van der Waals surface area contributed by atoms with Gasteiger partial charge in [-0.25, -0.2) is 0 Å². The predicted octanol–water partition coefficient (Wildman–Crippen LogP) is 0.483. The molecule has 2 rings (SSSR count). The molecule has 0 aromatic carbocycles. The number of aliphatic carboxylic acids is 1. The molecule has 2 unspecified atom stereocenters. The van der Waals surface area contributed by atoms with Crippen LogP contribution in [0.5, 0.6) is 0 Å². The third-order valence-corrected chi connectivity index (χ3v) is 4.17. The fourth-order valence-corrected chi connectivity index (χ4v) is 2.84. The van der Waals surface area contributed by atoms with Crippen LogP contribution in [0.25, 0.3) is 0 Å². The zero-order chi connectivity index (χ0) is 12.4. The molecular weight excluding hydrogens is 220 g/mol. The lowest BCUT2D eigenvalue weighted by Crippen LogP contribution is -2.52. The summed E-state index contributed by atoms with van der Waals surface area (Å²) >= 11 is 0. The van der Waals surface area contributed by atoms with Gasteiger partial charge in [0, 0.05) is 18.0 Å². The summed E-state index contributed by atoms with van der Waals surface area (Å²) in [7, 11) is 0. The van der Waals surface area contributed by atoms with Crippen LogP contribution in [0.15, 0.2) is 0 Å². The average Bonchev–Trinajstić information content (AvgIpc) is 2.24. The molecular formula is C12H20N2O3. The van der Waals surface area contributed by atoms with Gasteiger partial charge in [-0.05, 0) is 38.5 Å². The first-order chi connectivity index (χ1) is 8.08. The molecule has 0 spiro atoms. The molecule has 0 bridgehead atoms. The van der Waals surface area contributed by atoms with Crippen molar-refractivity contribution < 1.29 is 14.7 Å². The van der Waals surface area contributed by atoms with Crippen LogP contribution < -0.4 is 11.1 Å². The molecule has 2 aliphatic carbocycles. The Morgan fingerprint density at radius 1 is 1.06 bits per heavy atom. The van der Waals surface area contributed by atoms with Crippen molar-refractivity contribution in [3.05, 3.63) is 0 Å². The second-order valence-corrected chi connectivity index (χ2v) is 5.25. The Kier molecular flexibility index (Phi) is 3.66. The number of carboxylic acid groups (broad SMARTS) is 1. The highest BCUT2D eigenvalue weighted by atomic mass is 16.4. The normalized spacial score (nSPS) is 37.2. The molecule has 1 amide bonds. The molecule has 96 valence electrons. The minimum Gasteiger partial charge on any atom is -0.481 e. The van der Waals surface area contributed by atoms with Gasteiger partial charge in [-0.3, -0.25) is 9.59 Å². The number of nitrogens with two attached hydrogens (primary N) is 1. The number of hydrogen-bond acceptors (Lipinski definition) is 3. The Labute approximate surface area is 101 Å². The maximum Gasteiger partial charge on any atom is 0.308 e. The second-order valence-electron chi connectivity index (χ2n) is 5.25. The summed E-state index contributed by atoms with van der Waals surface area (Å²) in [5.41, 5.74) is 5.28. The van der Waals surface area contributed by atoms with Crippen molar-refractivity contribution >= 4 is 11.9 Å². The van der Waals surface area contributed by atoms with Gasteiger partial charge in [0.25, 0.3) is 0 Å². The second kappa shape index (κ2) is 5.04. The van der Waals surface area contributed by atoms with Gasteiger partial charge >= 0.3 is 5.97 Å². The Hall–Kier alpha value is -1.10. The lowest BCUT2D eigenvalue weighted by molar-refractivity contribution is -0.146. The highest BCUT2D eigenvalue weighted by Gasteiger charge is 2.38. The largest absolute Gasteiger partial charge is 0.481 e. The van der Waals surface area contributed by atoms with Crippen molar-refractivity contribution in [3.8, 4) is 0 Å². The van der Waals surface area contributed by atoms with E-state index in [2.05, 4.69) is 5.32 Å². The first kappa shape index (κ1) is 12.4. The summed E-state index contributed by atoms with van der Waals surface area (Å²) in [4.78, 5) is 21.9. The monoisotopic (exact) mass is 240 g/mol. The maximum absolute atomic E-state index is 11.0. The summed E-state index contributed by atoms with van der Waals surface area (Å²) in [6.45, 7) is 0. The number of carbonyl (C=O) groups is 2. The van der Waals surface area contributed by atoms with E-state index in [-0.39, 0.29) is 23.8 Å². The summed E-state index contributed by atoms with van der Waals surface area (Å²) in [5, 5.41) is 12.4. The third kappa shape index (κ3) is 2.77. The van der Waals surface area contributed by atoms with Crippen LogP contribution in [-0.2, 0) is 9.59 Å². The standard InChI is InChI=1S/C12H20N2O3/c13-11(15)7-1-3-8(4-2-7)14-10-6-5-9(10)12(16)17/h7-10,14H,1-6H2,(H2,13,15)(H,16,17). The van der Waals surface area contributed by atoms with Gasteiger partial charge in [-0.15, -0.1) is 0 Å². The molecule has 0 radical (unpaired) electrons. The van der Waals surface area contributed by atoms with Crippen LogP contribution >= 0.6 is 0 Å². The maximum atomic E-state index is 11.0. The highest BCUT2D eigenvalue weighted by molar-refractivity contribution is 5.76. The summed E-state index contributed by atoms with van der Waals surface area (Å²) in [5.74, 6) is -1.09. The number of primary amides is 1. The number of carbonyl (C=O) groups excluding carboxylic acids is 1. The fraction of sp³-hybridized carbons (Fsp3) is 0.833. The fourth-order valence-electron chi connectivity index (χ4n) is 2.84. The molecule has 0 aromatic heterocycles. The van der Waals surface area contributed by atoms with Crippen molar-refractivity contribution in [2.45, 2.75) is 50.6 Å². The van der Waals surface area contributed by atoms with Gasteiger partial charge < -0.3 is 16.2 Å². The molecule has 2 atom stereocenters. The van der Waals surface area contributed by atoms with Crippen LogP contribution in [0.3, 0.4) is 0 Å². The van der Waals surface area contributed by atoms with Gasteiger partial charge in [0.05, 0.1) is 5.92 Å². The van der Waals surface area contributed by atoms with Crippen molar-refractivity contribution in [1.29, 1.82) is 0 Å². The van der Waals surface area contributed by atoms with E-state index in [1.807, 2.05) is 0 Å². The molecule has 2 fully saturated rings. The third-order valence-electron chi connectivity index (χ3n) is 4.17. The zero-order valence-electron chi connectivity index (χ0n) is 9.89. The Morgan fingerprint density at radius 2 is 1.71 bits per heavy atom. The molecule has 17 heavy (non-hydrogen) atoms. The van der Waals surface area contributed by atoms with Crippen molar-refractivity contribution in [1.82, 2.24) is 5.32 Å². The van der Waals surface area contributed by atoms with E-state index >= 15 is 0 Å². The Balaban J connectivity index is 1.75. The van der Waals surface area contributed by atoms with Crippen LogP contribution in [0.2, 0.25) is 0 Å². The smallest absolute Gasteiger partial charge is 0.308 e. The molecule has 2 aliphatic rings. The van der Waals surface area contributed by atoms with Gasteiger partial charge in [-0.2, -0.15) is 0 Å². The van der Waals surface area contributed by atoms with Crippen LogP contribution in [-0.4, -0.2) is 29.1 Å². The van der Waals surface area contributed by atoms with Gasteiger partial charge in [0.1, 0.15) is 0 Å². The van der Waals surface area contributed by atoms with Crippen molar-refractivity contribution in [2.24, 2.45) is 17.6 Å². The minimum absolute atomic E-state index is 0.0183. The van der Waals surface area contributed by atoms with Gasteiger partial charge in [0.2, 0.25) is 5.91 Å². The molecule has 0 heterocycles. The quantitative estimate of drug-likeness (QED) is 0.666. The Morgan fingerprint density at radius 3 is 2.12 bits per heavy atom. The summed E-state index contributed by atoms with van der Waals surface area (Å²) in [6.07, 6.45) is 5.25. The highest BCUT2D eigenvalue weighted by Crippen LogP contribution is 2.31. The van der Waals surface area contributed by atoms with Gasteiger partial charge in [-0.1, -0.05) is 0 Å². The number of carboxylic acids is 1. The molecule has 0 aliphatic heterocycles. The van der Waals surface area contributed by atoms with Gasteiger partial charge in [0.15, 0.2) is 0 Å². The predicted molar refractivity (Wildman–Crippen MR) is 62.2 cm³/mol. The number of hydrogen-bond donors (Lipinski definition) is 3. The molecule has 4 N–H and O–H groups in total. The Bertz CT molecular complexity index is 311. The van der Waals surface area contributed by atoms with E-state index in [1.165, 1.54) is 0 Å². The van der Waals surface area contributed by atoms with E-state index in [9.17, 15) is 9.59 Å². The van der Waals surface area contributed by atoms with E-state index < -0.39 is 5.97 Å². The number of amides is 1. The molecule has 0 aromatic rings.